The minimum Gasteiger partial charge on any atom is -0.375 e. The van der Waals surface area contributed by atoms with Gasteiger partial charge in [-0.2, -0.15) is 0 Å². The Morgan fingerprint density at radius 3 is 2.92 bits per heavy atom. The lowest BCUT2D eigenvalue weighted by Crippen LogP contribution is -2.35. The molecule has 4 rings (SSSR count). The summed E-state index contributed by atoms with van der Waals surface area (Å²) in [4.78, 5) is 31.4. The number of rotatable bonds is 3. The molecule has 0 atom stereocenters. The fourth-order valence-corrected chi connectivity index (χ4v) is 3.61. The zero-order valence-electron chi connectivity index (χ0n) is 12.9. The first-order valence-electron chi connectivity index (χ1n) is 7.64. The highest BCUT2D eigenvalue weighted by Gasteiger charge is 2.22. The Morgan fingerprint density at radius 1 is 1.33 bits per heavy atom. The topological polar surface area (TPSA) is 101 Å². The summed E-state index contributed by atoms with van der Waals surface area (Å²) in [6, 6.07) is 3.68. The number of nitrogens with one attached hydrogen (secondary N) is 1. The second kappa shape index (κ2) is 6.14. The number of thiazole rings is 1. The number of nitrogens with zero attached hydrogens (tertiary/aromatic N) is 4. The normalized spacial score (nSPS) is 14.5. The summed E-state index contributed by atoms with van der Waals surface area (Å²) in [5.74, 6) is 0.602. The van der Waals surface area contributed by atoms with Crippen LogP contribution in [0.15, 0.2) is 35.5 Å². The standard InChI is InChI=1S/C16H16N6OS/c17-16-19-7-11(24-16)8-22-6-3-13-12(9-22)15(23)21-14(20-13)10-1-4-18-5-2-10/h1-2,4-5,7H,3,6,8-9H2,(H2,17,19)(H,20,21,23). The molecule has 0 fully saturated rings. The second-order valence-corrected chi connectivity index (χ2v) is 6.85. The van der Waals surface area contributed by atoms with E-state index in [0.29, 0.717) is 17.5 Å². The predicted octanol–water partition coefficient (Wildman–Crippen LogP) is 1.43. The van der Waals surface area contributed by atoms with Crippen LogP contribution in [0.25, 0.3) is 11.4 Å². The van der Waals surface area contributed by atoms with Crippen molar-refractivity contribution in [1.29, 1.82) is 0 Å². The number of hydrogen-bond acceptors (Lipinski definition) is 7. The van der Waals surface area contributed by atoms with Gasteiger partial charge in [-0.25, -0.2) is 9.97 Å². The Kier molecular flexibility index (Phi) is 3.83. The summed E-state index contributed by atoms with van der Waals surface area (Å²) in [5.41, 5.74) is 8.10. The third-order valence-electron chi connectivity index (χ3n) is 4.05. The van der Waals surface area contributed by atoms with E-state index < -0.39 is 0 Å². The third kappa shape index (κ3) is 2.93. The quantitative estimate of drug-likeness (QED) is 0.748. The number of aromatic nitrogens is 4. The molecule has 24 heavy (non-hydrogen) atoms. The molecular formula is C16H16N6OS. The maximum atomic E-state index is 12.5. The number of aromatic amines is 1. The zero-order valence-corrected chi connectivity index (χ0v) is 13.7. The summed E-state index contributed by atoms with van der Waals surface area (Å²) in [6.45, 7) is 2.20. The maximum Gasteiger partial charge on any atom is 0.255 e. The number of hydrogen-bond donors (Lipinski definition) is 2. The molecule has 0 radical (unpaired) electrons. The van der Waals surface area contributed by atoms with Crippen molar-refractivity contribution < 1.29 is 0 Å². The van der Waals surface area contributed by atoms with Crippen molar-refractivity contribution in [2.24, 2.45) is 0 Å². The molecule has 0 aliphatic carbocycles. The Bertz CT molecular complexity index is 920. The van der Waals surface area contributed by atoms with E-state index in [1.165, 1.54) is 11.3 Å². The average molecular weight is 340 g/mol. The molecule has 0 saturated carbocycles. The van der Waals surface area contributed by atoms with Crippen LogP contribution >= 0.6 is 11.3 Å². The highest BCUT2D eigenvalue weighted by molar-refractivity contribution is 7.15. The molecule has 0 bridgehead atoms. The molecule has 3 aromatic heterocycles. The third-order valence-corrected chi connectivity index (χ3v) is 4.86. The largest absolute Gasteiger partial charge is 0.375 e. The molecular weight excluding hydrogens is 324 g/mol. The average Bonchev–Trinajstić information content (AvgIpc) is 3.01. The van der Waals surface area contributed by atoms with Gasteiger partial charge in [0.15, 0.2) is 5.13 Å². The van der Waals surface area contributed by atoms with Crippen LogP contribution in [0.2, 0.25) is 0 Å². The number of anilines is 1. The van der Waals surface area contributed by atoms with Crippen molar-refractivity contribution in [2.45, 2.75) is 19.5 Å². The first-order valence-corrected chi connectivity index (χ1v) is 8.45. The zero-order chi connectivity index (χ0) is 16.5. The maximum absolute atomic E-state index is 12.5. The molecule has 4 heterocycles. The fraction of sp³-hybridized carbons (Fsp3) is 0.250. The van der Waals surface area contributed by atoms with Crippen LogP contribution in [-0.4, -0.2) is 31.4 Å². The van der Waals surface area contributed by atoms with Crippen molar-refractivity contribution in [3.63, 3.8) is 0 Å². The van der Waals surface area contributed by atoms with Crippen LogP contribution in [0, 0.1) is 0 Å². The number of nitrogens with two attached hydrogens (primary N) is 1. The monoisotopic (exact) mass is 340 g/mol. The van der Waals surface area contributed by atoms with E-state index in [4.69, 9.17) is 5.73 Å². The van der Waals surface area contributed by atoms with E-state index in [-0.39, 0.29) is 5.56 Å². The van der Waals surface area contributed by atoms with Crippen LogP contribution < -0.4 is 11.3 Å². The SMILES string of the molecule is Nc1ncc(CN2CCc3nc(-c4ccncc4)[nH]c(=O)c3C2)s1. The van der Waals surface area contributed by atoms with Gasteiger partial charge in [0.2, 0.25) is 0 Å². The van der Waals surface area contributed by atoms with Crippen LogP contribution in [0.4, 0.5) is 5.13 Å². The number of nitrogen functional groups attached to an aromatic ring is 1. The van der Waals surface area contributed by atoms with Gasteiger partial charge in [0.05, 0.1) is 11.3 Å². The van der Waals surface area contributed by atoms with E-state index in [1.807, 2.05) is 12.1 Å². The number of H-pyrrole nitrogens is 1. The van der Waals surface area contributed by atoms with Crippen molar-refractivity contribution in [1.82, 2.24) is 24.8 Å². The van der Waals surface area contributed by atoms with Gasteiger partial charge in [-0.1, -0.05) is 0 Å². The second-order valence-electron chi connectivity index (χ2n) is 5.70. The molecule has 1 aliphatic heterocycles. The van der Waals surface area contributed by atoms with Gasteiger partial charge in [-0.3, -0.25) is 14.7 Å². The van der Waals surface area contributed by atoms with E-state index >= 15 is 0 Å². The van der Waals surface area contributed by atoms with Crippen LogP contribution in [0.3, 0.4) is 0 Å². The Labute approximate surface area is 142 Å². The molecule has 3 aromatic rings. The lowest BCUT2D eigenvalue weighted by Gasteiger charge is -2.27. The fourth-order valence-electron chi connectivity index (χ4n) is 2.88. The first kappa shape index (κ1) is 15.0. The van der Waals surface area contributed by atoms with Crippen LogP contribution in [0.1, 0.15) is 16.1 Å². The Hall–Kier alpha value is -2.58. The van der Waals surface area contributed by atoms with Gasteiger partial charge >= 0.3 is 0 Å². The van der Waals surface area contributed by atoms with E-state index in [1.54, 1.807) is 18.6 Å². The lowest BCUT2D eigenvalue weighted by molar-refractivity contribution is 0.244. The summed E-state index contributed by atoms with van der Waals surface area (Å²) in [5, 5.41) is 0.573. The van der Waals surface area contributed by atoms with Crippen molar-refractivity contribution in [3.8, 4) is 11.4 Å². The lowest BCUT2D eigenvalue weighted by atomic mass is 10.1. The highest BCUT2D eigenvalue weighted by Crippen LogP contribution is 2.22. The minimum absolute atomic E-state index is 0.0691. The Balaban J connectivity index is 1.59. The van der Waals surface area contributed by atoms with E-state index in [0.717, 1.165) is 41.2 Å². The molecule has 122 valence electrons. The number of pyridine rings is 1. The van der Waals surface area contributed by atoms with Gasteiger partial charge in [0.1, 0.15) is 5.82 Å². The summed E-state index contributed by atoms with van der Waals surface area (Å²) < 4.78 is 0. The van der Waals surface area contributed by atoms with Crippen molar-refractivity contribution >= 4 is 16.5 Å². The molecule has 0 amide bonds. The molecule has 8 heteroatoms. The molecule has 0 unspecified atom stereocenters. The number of fused-ring (bicyclic) bond motifs is 1. The van der Waals surface area contributed by atoms with Crippen molar-refractivity contribution in [3.05, 3.63) is 57.2 Å². The summed E-state index contributed by atoms with van der Waals surface area (Å²) in [7, 11) is 0. The predicted molar refractivity (Wildman–Crippen MR) is 92.4 cm³/mol. The van der Waals surface area contributed by atoms with Gasteiger partial charge in [-0.05, 0) is 12.1 Å². The van der Waals surface area contributed by atoms with Gasteiger partial charge in [-0.15, -0.1) is 11.3 Å². The summed E-state index contributed by atoms with van der Waals surface area (Å²) in [6.07, 6.45) is 5.94. The van der Waals surface area contributed by atoms with Gasteiger partial charge in [0, 0.05) is 55.1 Å². The van der Waals surface area contributed by atoms with Gasteiger partial charge < -0.3 is 10.7 Å². The van der Waals surface area contributed by atoms with Crippen molar-refractivity contribution in [2.75, 3.05) is 12.3 Å². The Morgan fingerprint density at radius 2 is 2.17 bits per heavy atom. The first-order chi connectivity index (χ1) is 11.7. The molecule has 0 saturated heterocycles. The minimum atomic E-state index is -0.0691. The molecule has 0 aromatic carbocycles. The van der Waals surface area contributed by atoms with Crippen LogP contribution in [-0.2, 0) is 19.5 Å². The van der Waals surface area contributed by atoms with E-state index in [9.17, 15) is 4.79 Å². The smallest absolute Gasteiger partial charge is 0.255 e. The highest BCUT2D eigenvalue weighted by atomic mass is 32.1. The molecule has 7 nitrogen and oxygen atoms in total. The molecule has 1 aliphatic rings. The van der Waals surface area contributed by atoms with Gasteiger partial charge in [0.25, 0.3) is 5.56 Å². The summed E-state index contributed by atoms with van der Waals surface area (Å²) >= 11 is 1.48. The van der Waals surface area contributed by atoms with Crippen LogP contribution in [0.5, 0.6) is 0 Å². The molecule has 3 N–H and O–H groups in total. The molecule has 0 spiro atoms. The van der Waals surface area contributed by atoms with E-state index in [2.05, 4.69) is 24.8 Å².